The monoisotopic (exact) mass is 312 g/mol. The molecule has 0 amide bonds. The molecule has 0 unspecified atom stereocenters. The van der Waals surface area contributed by atoms with E-state index in [9.17, 15) is 0 Å². The molecule has 0 N–H and O–H groups in total. The fraction of sp³-hybridized carbons (Fsp3) is 0.0909. The molecule has 23 heavy (non-hydrogen) atoms. The third-order valence-electron chi connectivity index (χ3n) is 4.80. The van der Waals surface area contributed by atoms with E-state index >= 15 is 0 Å². The molecule has 5 rings (SSSR count). The van der Waals surface area contributed by atoms with E-state index in [0.29, 0.717) is 0 Å². The third-order valence-corrected chi connectivity index (χ3v) is 6.05. The molecule has 0 aliphatic heterocycles. The fourth-order valence-electron chi connectivity index (χ4n) is 3.57. The molecule has 1 aliphatic carbocycles. The van der Waals surface area contributed by atoms with Gasteiger partial charge in [-0.15, -0.1) is 11.3 Å². The van der Waals surface area contributed by atoms with Crippen molar-refractivity contribution in [1.82, 2.24) is 0 Å². The maximum absolute atomic E-state index is 2.38. The highest BCUT2D eigenvalue weighted by Crippen LogP contribution is 2.47. The first-order valence-electron chi connectivity index (χ1n) is 8.00. The van der Waals surface area contributed by atoms with Crippen LogP contribution in [0, 0.1) is 6.92 Å². The zero-order chi connectivity index (χ0) is 15.4. The summed E-state index contributed by atoms with van der Waals surface area (Å²) in [5.74, 6) is 0. The number of thiophene rings is 1. The van der Waals surface area contributed by atoms with Crippen LogP contribution in [0.2, 0.25) is 0 Å². The number of hydrogen-bond acceptors (Lipinski definition) is 1. The van der Waals surface area contributed by atoms with Crippen molar-refractivity contribution in [3.05, 3.63) is 83.4 Å². The molecule has 0 bridgehead atoms. The van der Waals surface area contributed by atoms with Gasteiger partial charge in [-0.2, -0.15) is 0 Å². The minimum atomic E-state index is 1.06. The van der Waals surface area contributed by atoms with Crippen molar-refractivity contribution in [1.29, 1.82) is 0 Å². The van der Waals surface area contributed by atoms with Gasteiger partial charge >= 0.3 is 0 Å². The molecule has 4 aromatic rings. The van der Waals surface area contributed by atoms with E-state index in [1.54, 1.807) is 0 Å². The largest absolute Gasteiger partial charge is 0.135 e. The topological polar surface area (TPSA) is 0 Å². The molecule has 110 valence electrons. The summed E-state index contributed by atoms with van der Waals surface area (Å²) in [4.78, 5) is 1.47. The third kappa shape index (κ3) is 1.97. The zero-order valence-electron chi connectivity index (χ0n) is 13.0. The van der Waals surface area contributed by atoms with Crippen molar-refractivity contribution in [3.63, 3.8) is 0 Å². The second kappa shape index (κ2) is 4.81. The molecule has 3 aromatic carbocycles. The molecule has 1 aliphatic rings. The lowest BCUT2D eigenvalue weighted by atomic mass is 9.99. The Bertz CT molecular complexity index is 1040. The van der Waals surface area contributed by atoms with E-state index in [2.05, 4.69) is 73.7 Å². The van der Waals surface area contributed by atoms with Gasteiger partial charge in [0.1, 0.15) is 0 Å². The van der Waals surface area contributed by atoms with Gasteiger partial charge < -0.3 is 0 Å². The standard InChI is InChI=1S/C22H16S/c1-14-6-8-15(9-7-14)16-10-11-18-17(12-16)13-20-19-4-2-3-5-21(19)23-22(18)20/h2-12H,13H2,1H3. The van der Waals surface area contributed by atoms with Crippen LogP contribution in [0.1, 0.15) is 16.7 Å². The van der Waals surface area contributed by atoms with E-state index in [-0.39, 0.29) is 0 Å². The number of benzene rings is 3. The summed E-state index contributed by atoms with van der Waals surface area (Å²) in [6.45, 7) is 2.13. The summed E-state index contributed by atoms with van der Waals surface area (Å²) < 4.78 is 1.41. The first-order chi connectivity index (χ1) is 11.3. The first kappa shape index (κ1) is 13.1. The van der Waals surface area contributed by atoms with E-state index in [0.717, 1.165) is 6.42 Å². The Morgan fingerprint density at radius 1 is 0.826 bits per heavy atom. The highest BCUT2D eigenvalue weighted by molar-refractivity contribution is 7.22. The molecule has 0 saturated heterocycles. The van der Waals surface area contributed by atoms with Crippen LogP contribution in [0.5, 0.6) is 0 Å². The highest BCUT2D eigenvalue weighted by atomic mass is 32.1. The van der Waals surface area contributed by atoms with Crippen molar-refractivity contribution < 1.29 is 0 Å². The van der Waals surface area contributed by atoms with Crippen LogP contribution < -0.4 is 0 Å². The van der Waals surface area contributed by atoms with Gasteiger partial charge in [0.25, 0.3) is 0 Å². The molecule has 0 radical (unpaired) electrons. The SMILES string of the molecule is Cc1ccc(-c2ccc3c(c2)Cc2c-3sc3ccccc23)cc1. The van der Waals surface area contributed by atoms with Gasteiger partial charge in [-0.3, -0.25) is 0 Å². The van der Waals surface area contributed by atoms with Gasteiger partial charge in [0.15, 0.2) is 0 Å². The molecule has 0 nitrogen and oxygen atoms in total. The second-order valence-corrected chi connectivity index (χ2v) is 7.37. The van der Waals surface area contributed by atoms with Gasteiger partial charge in [-0.05, 0) is 46.2 Å². The number of rotatable bonds is 1. The van der Waals surface area contributed by atoms with Crippen LogP contribution in [0.15, 0.2) is 66.7 Å². The van der Waals surface area contributed by atoms with Crippen molar-refractivity contribution in [2.45, 2.75) is 13.3 Å². The normalized spacial score (nSPS) is 12.4. The molecule has 0 spiro atoms. The van der Waals surface area contributed by atoms with Crippen LogP contribution in [0.4, 0.5) is 0 Å². The minimum absolute atomic E-state index is 1.06. The lowest BCUT2D eigenvalue weighted by molar-refractivity contribution is 1.29. The van der Waals surface area contributed by atoms with Crippen LogP contribution in [-0.4, -0.2) is 0 Å². The summed E-state index contributed by atoms with van der Waals surface area (Å²) in [6.07, 6.45) is 1.06. The molecule has 1 heteroatoms. The lowest BCUT2D eigenvalue weighted by Crippen LogP contribution is -1.84. The van der Waals surface area contributed by atoms with E-state index in [1.807, 2.05) is 11.3 Å². The predicted octanol–water partition coefficient (Wildman–Crippen LogP) is 6.45. The number of hydrogen-bond donors (Lipinski definition) is 0. The Hall–Kier alpha value is -2.38. The Kier molecular flexibility index (Phi) is 2.74. The first-order valence-corrected chi connectivity index (χ1v) is 8.82. The molecule has 0 fully saturated rings. The van der Waals surface area contributed by atoms with Crippen LogP contribution in [-0.2, 0) is 6.42 Å². The molecular weight excluding hydrogens is 296 g/mol. The summed E-state index contributed by atoms with van der Waals surface area (Å²) in [7, 11) is 0. The quantitative estimate of drug-likeness (QED) is 0.334. The summed E-state index contributed by atoms with van der Waals surface area (Å²) >= 11 is 1.93. The van der Waals surface area contributed by atoms with Crippen molar-refractivity contribution in [2.24, 2.45) is 0 Å². The van der Waals surface area contributed by atoms with E-state index < -0.39 is 0 Å². The minimum Gasteiger partial charge on any atom is -0.135 e. The van der Waals surface area contributed by atoms with Gasteiger partial charge in [0.2, 0.25) is 0 Å². The van der Waals surface area contributed by atoms with Crippen molar-refractivity contribution >= 4 is 21.4 Å². The summed E-state index contributed by atoms with van der Waals surface area (Å²) in [6, 6.07) is 24.5. The summed E-state index contributed by atoms with van der Waals surface area (Å²) in [5.41, 5.74) is 8.35. The maximum Gasteiger partial charge on any atom is 0.0393 e. The van der Waals surface area contributed by atoms with Crippen LogP contribution >= 0.6 is 11.3 Å². The molecular formula is C22H16S. The second-order valence-electron chi connectivity index (χ2n) is 6.32. The molecule has 0 atom stereocenters. The van der Waals surface area contributed by atoms with Gasteiger partial charge in [0, 0.05) is 16.0 Å². The summed E-state index contributed by atoms with van der Waals surface area (Å²) in [5, 5.41) is 1.43. The number of aryl methyl sites for hydroxylation is 1. The Labute approximate surface area is 140 Å². The van der Waals surface area contributed by atoms with Gasteiger partial charge in [-0.1, -0.05) is 66.2 Å². The van der Waals surface area contributed by atoms with Crippen LogP contribution in [0.3, 0.4) is 0 Å². The Morgan fingerprint density at radius 3 is 2.48 bits per heavy atom. The van der Waals surface area contributed by atoms with Crippen molar-refractivity contribution in [3.8, 4) is 21.6 Å². The fourth-order valence-corrected chi connectivity index (χ4v) is 4.85. The molecule has 0 saturated carbocycles. The lowest BCUT2D eigenvalue weighted by Gasteiger charge is -2.06. The van der Waals surface area contributed by atoms with Crippen molar-refractivity contribution in [2.75, 3.05) is 0 Å². The predicted molar refractivity (Wildman–Crippen MR) is 100 cm³/mol. The maximum atomic E-state index is 2.38. The Balaban J connectivity index is 1.64. The number of fused-ring (bicyclic) bond motifs is 5. The molecule has 1 aromatic heterocycles. The average molecular weight is 312 g/mol. The van der Waals surface area contributed by atoms with Gasteiger partial charge in [-0.25, -0.2) is 0 Å². The smallest absolute Gasteiger partial charge is 0.0393 e. The van der Waals surface area contributed by atoms with E-state index in [4.69, 9.17) is 0 Å². The Morgan fingerprint density at radius 2 is 1.61 bits per heavy atom. The highest BCUT2D eigenvalue weighted by Gasteiger charge is 2.23. The van der Waals surface area contributed by atoms with Crippen LogP contribution in [0.25, 0.3) is 31.7 Å². The van der Waals surface area contributed by atoms with E-state index in [1.165, 1.54) is 48.3 Å². The molecule has 1 heterocycles. The zero-order valence-corrected chi connectivity index (χ0v) is 13.8. The van der Waals surface area contributed by atoms with Gasteiger partial charge in [0.05, 0.1) is 0 Å². The average Bonchev–Trinajstić information content (AvgIpc) is 3.11.